The van der Waals surface area contributed by atoms with Gasteiger partial charge in [-0.2, -0.15) is 0 Å². The van der Waals surface area contributed by atoms with Crippen LogP contribution in [0.25, 0.3) is 98.4 Å². The van der Waals surface area contributed by atoms with Crippen molar-refractivity contribution in [2.24, 2.45) is 0 Å². The maximum atomic E-state index is 7.07. The Morgan fingerprint density at radius 3 is 1.40 bits per heavy atom. The fraction of sp³-hybridized carbons (Fsp3) is 0. The molecule has 1 heterocycles. The lowest BCUT2D eigenvalue weighted by atomic mass is 9.59. The van der Waals surface area contributed by atoms with Crippen molar-refractivity contribution in [3.8, 4) is 33.4 Å². The molecule has 0 N–H and O–H groups in total. The lowest BCUT2D eigenvalue weighted by molar-refractivity contribution is 0.669. The Morgan fingerprint density at radius 2 is 0.782 bits per heavy atom. The van der Waals surface area contributed by atoms with Crippen molar-refractivity contribution in [2.45, 2.75) is 0 Å². The fourth-order valence-corrected chi connectivity index (χ4v) is 8.60. The number of fused-ring (bicyclic) bond motifs is 8. The molecule has 16 radical (unpaired) electrons. The first kappa shape index (κ1) is 33.9. The minimum atomic E-state index is 0.171. The Kier molecular flexibility index (Phi) is 7.66. The van der Waals surface area contributed by atoms with Crippen LogP contribution in [-0.4, -0.2) is 62.8 Å². The van der Waals surface area contributed by atoms with E-state index in [1.54, 1.807) is 0 Å². The summed E-state index contributed by atoms with van der Waals surface area (Å²) >= 11 is 0. The van der Waals surface area contributed by atoms with Crippen LogP contribution in [0.4, 0.5) is 0 Å². The van der Waals surface area contributed by atoms with Gasteiger partial charge in [-0.15, -0.1) is 21.9 Å². The highest BCUT2D eigenvalue weighted by molar-refractivity contribution is 6.71. The van der Waals surface area contributed by atoms with Crippen molar-refractivity contribution < 1.29 is 4.42 Å². The molecule has 0 spiro atoms. The third kappa shape index (κ3) is 4.78. The van der Waals surface area contributed by atoms with Crippen LogP contribution in [0.5, 0.6) is 0 Å². The molecule has 9 heteroatoms. The maximum absolute atomic E-state index is 7.07. The standard InChI is InChI=1S/C46H20B8O/c47-39-35-32(22-18-16-21(17-19-22)25-13-7-15-31-33(25)28-12-5-6-14-30(28)55-31)36-38(42(50)46(54)44(52)40(36)48)34(37(35)41(49)45(53)43(39)51)29-20-23-8-1-2-9-24(23)26-10-3-4-11-27(26)29/h1-20H. The molecule has 9 aromatic carbocycles. The first-order valence-electron chi connectivity index (χ1n) is 17.8. The summed E-state index contributed by atoms with van der Waals surface area (Å²) in [6.07, 6.45) is 0. The van der Waals surface area contributed by atoms with Gasteiger partial charge in [0, 0.05) is 10.8 Å². The third-order valence-corrected chi connectivity index (χ3v) is 11.2. The van der Waals surface area contributed by atoms with Crippen molar-refractivity contribution in [1.82, 2.24) is 0 Å². The Morgan fingerprint density at radius 1 is 0.309 bits per heavy atom. The number of hydrogen-bond acceptors (Lipinski definition) is 1. The smallest absolute Gasteiger partial charge is 0.136 e. The highest BCUT2D eigenvalue weighted by atomic mass is 16.3. The largest absolute Gasteiger partial charge is 0.456 e. The molecule has 0 aliphatic carbocycles. The fourth-order valence-electron chi connectivity index (χ4n) is 8.60. The summed E-state index contributed by atoms with van der Waals surface area (Å²) in [5.74, 6) is 0. The second kappa shape index (κ2) is 12.4. The minimum absolute atomic E-state index is 0.171. The predicted molar refractivity (Wildman–Crippen MR) is 243 cm³/mol. The second-order valence-electron chi connectivity index (χ2n) is 14.1. The topological polar surface area (TPSA) is 13.1 Å². The summed E-state index contributed by atoms with van der Waals surface area (Å²) < 4.78 is 6.20. The molecule has 0 fully saturated rings. The molecular weight excluding hydrogens is 655 g/mol. The molecule has 0 unspecified atom stereocenters. The van der Waals surface area contributed by atoms with Gasteiger partial charge in [0.15, 0.2) is 0 Å². The summed E-state index contributed by atoms with van der Waals surface area (Å²) in [6, 6.07) is 40.8. The van der Waals surface area contributed by atoms with E-state index >= 15 is 0 Å². The van der Waals surface area contributed by atoms with E-state index in [2.05, 4.69) is 54.6 Å². The van der Waals surface area contributed by atoms with Crippen LogP contribution >= 0.6 is 0 Å². The third-order valence-electron chi connectivity index (χ3n) is 11.2. The molecule has 55 heavy (non-hydrogen) atoms. The summed E-state index contributed by atoms with van der Waals surface area (Å²) in [6.45, 7) is 0. The molecular formula is C46H20B8O. The quantitative estimate of drug-likeness (QED) is 0.159. The molecule has 0 bridgehead atoms. The van der Waals surface area contributed by atoms with Crippen molar-refractivity contribution in [1.29, 1.82) is 0 Å². The highest BCUT2D eigenvalue weighted by Crippen LogP contribution is 2.45. The van der Waals surface area contributed by atoms with Gasteiger partial charge < -0.3 is 4.42 Å². The molecule has 1 aromatic heterocycles. The number of furan rings is 1. The normalized spacial score (nSPS) is 11.9. The molecule has 0 aliphatic rings. The van der Waals surface area contributed by atoms with Gasteiger partial charge in [-0.3, -0.25) is 0 Å². The van der Waals surface area contributed by atoms with Crippen LogP contribution in [0.3, 0.4) is 0 Å². The Balaban J connectivity index is 1.37. The molecule has 0 saturated carbocycles. The van der Waals surface area contributed by atoms with E-state index in [0.29, 0.717) is 32.7 Å². The van der Waals surface area contributed by atoms with Crippen LogP contribution in [0.2, 0.25) is 0 Å². The van der Waals surface area contributed by atoms with Gasteiger partial charge in [-0.05, 0) is 94.7 Å². The van der Waals surface area contributed by atoms with E-state index in [1.807, 2.05) is 66.7 Å². The Hall–Kier alpha value is -5.66. The van der Waals surface area contributed by atoms with Crippen LogP contribution in [0.1, 0.15) is 0 Å². The van der Waals surface area contributed by atoms with Gasteiger partial charge in [0.25, 0.3) is 0 Å². The average Bonchev–Trinajstić information content (AvgIpc) is 3.61. The lowest BCUT2D eigenvalue weighted by Gasteiger charge is -2.29. The number of benzene rings is 9. The maximum Gasteiger partial charge on any atom is 0.136 e. The zero-order valence-corrected chi connectivity index (χ0v) is 29.6. The number of para-hydroxylation sites is 1. The van der Waals surface area contributed by atoms with Crippen molar-refractivity contribution in [3.63, 3.8) is 0 Å². The molecule has 0 saturated heterocycles. The first-order chi connectivity index (χ1) is 26.7. The van der Waals surface area contributed by atoms with E-state index < -0.39 is 0 Å². The van der Waals surface area contributed by atoms with E-state index in [4.69, 9.17) is 67.2 Å². The summed E-state index contributed by atoms with van der Waals surface area (Å²) in [5.41, 5.74) is 8.36. The van der Waals surface area contributed by atoms with Crippen LogP contribution < -0.4 is 43.7 Å². The Labute approximate surface area is 329 Å². The Bertz CT molecular complexity index is 3210. The van der Waals surface area contributed by atoms with Gasteiger partial charge in [-0.1, -0.05) is 125 Å². The van der Waals surface area contributed by atoms with Gasteiger partial charge in [0.2, 0.25) is 0 Å². The van der Waals surface area contributed by atoms with E-state index in [0.717, 1.165) is 65.7 Å². The summed E-state index contributed by atoms with van der Waals surface area (Å²) in [7, 11) is 54.9. The van der Waals surface area contributed by atoms with Crippen LogP contribution in [0, 0.1) is 0 Å². The predicted octanol–water partition coefficient (Wildman–Crippen LogP) is 3.55. The molecule has 10 aromatic rings. The summed E-state index contributed by atoms with van der Waals surface area (Å²) in [5, 5.41) is 8.52. The lowest BCUT2D eigenvalue weighted by Crippen LogP contribution is -2.50. The van der Waals surface area contributed by atoms with Crippen molar-refractivity contribution in [2.75, 3.05) is 0 Å². The zero-order valence-electron chi connectivity index (χ0n) is 29.6. The van der Waals surface area contributed by atoms with E-state index in [-0.39, 0.29) is 43.7 Å². The zero-order chi connectivity index (χ0) is 37.9. The van der Waals surface area contributed by atoms with Crippen LogP contribution in [-0.2, 0) is 0 Å². The molecule has 0 aliphatic heterocycles. The number of hydrogen-bond donors (Lipinski definition) is 0. The van der Waals surface area contributed by atoms with Gasteiger partial charge in [0.05, 0.1) is 0 Å². The molecule has 0 atom stereocenters. The van der Waals surface area contributed by atoms with Gasteiger partial charge in [0.1, 0.15) is 73.9 Å². The van der Waals surface area contributed by atoms with E-state index in [1.165, 1.54) is 0 Å². The summed E-state index contributed by atoms with van der Waals surface area (Å²) in [4.78, 5) is 0. The van der Waals surface area contributed by atoms with Gasteiger partial charge in [-0.25, -0.2) is 0 Å². The average molecular weight is 675 g/mol. The molecule has 0 amide bonds. The monoisotopic (exact) mass is 676 g/mol. The first-order valence-corrected chi connectivity index (χ1v) is 17.8. The highest BCUT2D eigenvalue weighted by Gasteiger charge is 2.26. The molecule has 1 nitrogen and oxygen atoms in total. The SMILES string of the molecule is [B]c1c([B])c([B])c2c(-c3cc4ccccc4c4ccccc34)c3c([B])c([B])c([B])c([B])c3c(-c3ccc(-c4cccc5oc6ccccc6c45)cc3)c2c1[B]. The van der Waals surface area contributed by atoms with Crippen molar-refractivity contribution >= 4 is 172 Å². The van der Waals surface area contributed by atoms with E-state index in [9.17, 15) is 0 Å². The molecule has 234 valence electrons. The second-order valence-corrected chi connectivity index (χ2v) is 14.1. The minimum Gasteiger partial charge on any atom is -0.456 e. The van der Waals surface area contributed by atoms with Crippen LogP contribution in [0.15, 0.2) is 126 Å². The van der Waals surface area contributed by atoms with Gasteiger partial charge >= 0.3 is 0 Å². The van der Waals surface area contributed by atoms with Crippen molar-refractivity contribution in [3.05, 3.63) is 121 Å². The number of rotatable bonds is 3. The molecule has 10 rings (SSSR count).